The molecule has 114 valence electrons. The Morgan fingerprint density at radius 1 is 1.38 bits per heavy atom. The van der Waals surface area contributed by atoms with E-state index in [9.17, 15) is 0 Å². The molecule has 1 aromatic heterocycles. The van der Waals surface area contributed by atoms with Crippen molar-refractivity contribution in [2.75, 3.05) is 19.8 Å². The van der Waals surface area contributed by atoms with Gasteiger partial charge in [0, 0.05) is 12.1 Å². The minimum atomic E-state index is 0.333. The predicted octanol–water partition coefficient (Wildman–Crippen LogP) is 3.02. The van der Waals surface area contributed by atoms with Crippen LogP contribution in [0.3, 0.4) is 0 Å². The van der Waals surface area contributed by atoms with Gasteiger partial charge < -0.3 is 14.6 Å². The molecule has 2 aromatic rings. The first-order chi connectivity index (χ1) is 10.1. The van der Waals surface area contributed by atoms with Gasteiger partial charge in [0.15, 0.2) is 0 Å². The van der Waals surface area contributed by atoms with Crippen LogP contribution in [-0.4, -0.2) is 35.4 Å². The van der Waals surface area contributed by atoms with E-state index >= 15 is 0 Å². The molecule has 21 heavy (non-hydrogen) atoms. The van der Waals surface area contributed by atoms with Gasteiger partial charge in [-0.05, 0) is 45.0 Å². The molecule has 2 unspecified atom stereocenters. The van der Waals surface area contributed by atoms with Gasteiger partial charge in [-0.2, -0.15) is 0 Å². The lowest BCUT2D eigenvalue weighted by Gasteiger charge is -2.21. The second-order valence-corrected chi connectivity index (χ2v) is 6.23. The number of nitrogens with one attached hydrogen (secondary N) is 1. The molecule has 1 aromatic carbocycles. The summed E-state index contributed by atoms with van der Waals surface area (Å²) in [5.74, 6) is 1.49. The first-order valence-corrected chi connectivity index (χ1v) is 7.91. The van der Waals surface area contributed by atoms with Crippen molar-refractivity contribution in [1.82, 2.24) is 14.9 Å². The van der Waals surface area contributed by atoms with E-state index in [4.69, 9.17) is 9.72 Å². The van der Waals surface area contributed by atoms with Crippen LogP contribution in [0.15, 0.2) is 18.2 Å². The highest BCUT2D eigenvalue weighted by Gasteiger charge is 2.33. The maximum absolute atomic E-state index is 5.72. The molecular weight excluding hydrogens is 262 g/mol. The summed E-state index contributed by atoms with van der Waals surface area (Å²) in [4.78, 5) is 4.95. The third-order valence-electron chi connectivity index (χ3n) is 4.27. The molecule has 1 N–H and O–H groups in total. The lowest BCUT2D eigenvalue weighted by atomic mass is 10.0. The summed E-state index contributed by atoms with van der Waals surface area (Å²) >= 11 is 0. The first-order valence-electron chi connectivity index (χ1n) is 7.91. The Bertz CT molecular complexity index is 632. The van der Waals surface area contributed by atoms with E-state index in [1.54, 1.807) is 0 Å². The fraction of sp³-hybridized carbons (Fsp3) is 0.588. The van der Waals surface area contributed by atoms with E-state index in [-0.39, 0.29) is 0 Å². The van der Waals surface area contributed by atoms with Gasteiger partial charge in [0.25, 0.3) is 0 Å². The molecule has 1 saturated heterocycles. The molecule has 0 radical (unpaired) electrons. The molecule has 2 heterocycles. The fourth-order valence-corrected chi connectivity index (χ4v) is 3.30. The van der Waals surface area contributed by atoms with Crippen molar-refractivity contribution in [3.63, 3.8) is 0 Å². The third-order valence-corrected chi connectivity index (χ3v) is 4.27. The van der Waals surface area contributed by atoms with Gasteiger partial charge >= 0.3 is 0 Å². The van der Waals surface area contributed by atoms with Crippen LogP contribution in [0.25, 0.3) is 11.0 Å². The third kappa shape index (κ3) is 2.58. The molecule has 0 bridgehead atoms. The van der Waals surface area contributed by atoms with E-state index in [0.717, 1.165) is 31.1 Å². The summed E-state index contributed by atoms with van der Waals surface area (Å²) in [6.07, 6.45) is 0. The zero-order chi connectivity index (χ0) is 15.0. The largest absolute Gasteiger partial charge is 0.379 e. The van der Waals surface area contributed by atoms with Crippen LogP contribution in [0.4, 0.5) is 0 Å². The van der Waals surface area contributed by atoms with Crippen LogP contribution in [0, 0.1) is 6.92 Å². The minimum absolute atomic E-state index is 0.333. The van der Waals surface area contributed by atoms with Crippen LogP contribution in [0.1, 0.15) is 44.1 Å². The van der Waals surface area contributed by atoms with Gasteiger partial charge in [0.2, 0.25) is 0 Å². The maximum atomic E-state index is 5.72. The van der Waals surface area contributed by atoms with Gasteiger partial charge in [-0.15, -0.1) is 0 Å². The summed E-state index contributed by atoms with van der Waals surface area (Å²) < 4.78 is 8.09. The SMILES string of the molecule is CCNC1COCC1c1nc2cc(C)ccc2n1C(C)C. The number of fused-ring (bicyclic) bond motifs is 1. The molecule has 1 aliphatic heterocycles. The van der Waals surface area contributed by atoms with Gasteiger partial charge in [-0.3, -0.25) is 0 Å². The van der Waals surface area contributed by atoms with Crippen molar-refractivity contribution >= 4 is 11.0 Å². The van der Waals surface area contributed by atoms with Gasteiger partial charge in [0.05, 0.1) is 30.2 Å². The number of ether oxygens (including phenoxy) is 1. The molecular formula is C17H25N3O. The molecule has 3 rings (SSSR count). The zero-order valence-corrected chi connectivity index (χ0v) is 13.4. The second-order valence-electron chi connectivity index (χ2n) is 6.23. The lowest BCUT2D eigenvalue weighted by Crippen LogP contribution is -2.35. The van der Waals surface area contributed by atoms with E-state index in [0.29, 0.717) is 18.0 Å². The highest BCUT2D eigenvalue weighted by Crippen LogP contribution is 2.31. The second kappa shape index (κ2) is 5.78. The van der Waals surface area contributed by atoms with Crippen LogP contribution >= 0.6 is 0 Å². The Hall–Kier alpha value is -1.39. The molecule has 4 heteroatoms. The van der Waals surface area contributed by atoms with Crippen LogP contribution in [-0.2, 0) is 4.74 Å². The average molecular weight is 287 g/mol. The summed E-state index contributed by atoms with van der Waals surface area (Å²) in [5, 5.41) is 3.54. The number of aromatic nitrogens is 2. The normalized spacial score (nSPS) is 22.5. The molecule has 1 aliphatic rings. The number of likely N-dealkylation sites (N-methyl/N-ethyl adjacent to an activating group) is 1. The summed E-state index contributed by atoms with van der Waals surface area (Å²) in [6.45, 7) is 11.2. The van der Waals surface area contributed by atoms with E-state index in [1.165, 1.54) is 11.1 Å². The van der Waals surface area contributed by atoms with E-state index < -0.39 is 0 Å². The standard InChI is InChI=1S/C17H25N3O/c1-5-18-15-10-21-9-13(15)17-19-14-8-12(4)6-7-16(14)20(17)11(2)3/h6-8,11,13,15,18H,5,9-10H2,1-4H3. The van der Waals surface area contributed by atoms with Crippen molar-refractivity contribution in [3.8, 4) is 0 Å². The number of imidazole rings is 1. The molecule has 4 nitrogen and oxygen atoms in total. The number of hydrogen-bond acceptors (Lipinski definition) is 3. The first kappa shape index (κ1) is 14.5. The molecule has 0 spiro atoms. The van der Waals surface area contributed by atoms with Crippen molar-refractivity contribution in [2.45, 2.75) is 45.7 Å². The van der Waals surface area contributed by atoms with Crippen LogP contribution in [0.2, 0.25) is 0 Å². The van der Waals surface area contributed by atoms with E-state index in [1.807, 2.05) is 0 Å². The Labute approximate surface area is 126 Å². The zero-order valence-electron chi connectivity index (χ0n) is 13.4. The highest BCUT2D eigenvalue weighted by atomic mass is 16.5. The van der Waals surface area contributed by atoms with Crippen molar-refractivity contribution in [2.24, 2.45) is 0 Å². The van der Waals surface area contributed by atoms with Crippen molar-refractivity contribution in [3.05, 3.63) is 29.6 Å². The average Bonchev–Trinajstić information content (AvgIpc) is 3.01. The number of aryl methyl sites for hydroxylation is 1. The van der Waals surface area contributed by atoms with Gasteiger partial charge in [-0.25, -0.2) is 4.98 Å². The Kier molecular flexibility index (Phi) is 4.00. The lowest BCUT2D eigenvalue weighted by molar-refractivity contribution is 0.187. The monoisotopic (exact) mass is 287 g/mol. The van der Waals surface area contributed by atoms with E-state index in [2.05, 4.69) is 55.8 Å². The van der Waals surface area contributed by atoms with Gasteiger partial charge in [-0.1, -0.05) is 13.0 Å². The van der Waals surface area contributed by atoms with Crippen molar-refractivity contribution in [1.29, 1.82) is 0 Å². The van der Waals surface area contributed by atoms with Crippen LogP contribution in [0.5, 0.6) is 0 Å². The number of rotatable bonds is 4. The smallest absolute Gasteiger partial charge is 0.117 e. The molecule has 1 fully saturated rings. The number of nitrogens with zero attached hydrogens (tertiary/aromatic N) is 2. The van der Waals surface area contributed by atoms with Crippen LogP contribution < -0.4 is 5.32 Å². The summed E-state index contributed by atoms with van der Waals surface area (Å²) in [7, 11) is 0. The summed E-state index contributed by atoms with van der Waals surface area (Å²) in [5.41, 5.74) is 3.59. The highest BCUT2D eigenvalue weighted by molar-refractivity contribution is 5.77. The minimum Gasteiger partial charge on any atom is -0.379 e. The number of hydrogen-bond donors (Lipinski definition) is 1. The molecule has 2 atom stereocenters. The van der Waals surface area contributed by atoms with Gasteiger partial charge in [0.1, 0.15) is 5.82 Å². The fourth-order valence-electron chi connectivity index (χ4n) is 3.30. The Morgan fingerprint density at radius 3 is 2.90 bits per heavy atom. The van der Waals surface area contributed by atoms with Crippen molar-refractivity contribution < 1.29 is 4.74 Å². The topological polar surface area (TPSA) is 39.1 Å². The number of benzene rings is 1. The Balaban J connectivity index is 2.10. The quantitative estimate of drug-likeness (QED) is 0.939. The molecule has 0 saturated carbocycles. The maximum Gasteiger partial charge on any atom is 0.117 e. The molecule has 0 amide bonds. The molecule has 0 aliphatic carbocycles. The summed E-state index contributed by atoms with van der Waals surface area (Å²) in [6, 6.07) is 7.30. The predicted molar refractivity (Wildman–Crippen MR) is 85.9 cm³/mol. The Morgan fingerprint density at radius 2 is 2.19 bits per heavy atom.